The molecule has 0 aliphatic heterocycles. The van der Waals surface area contributed by atoms with E-state index in [-0.39, 0.29) is 57.7 Å². The minimum absolute atomic E-state index is 0. The van der Waals surface area contributed by atoms with Crippen LogP contribution < -0.4 is 68.4 Å². The monoisotopic (exact) mass is 2010 g/mol. The van der Waals surface area contributed by atoms with Crippen molar-refractivity contribution in [1.82, 2.24) is 9.13 Å². The summed E-state index contributed by atoms with van der Waals surface area (Å²) in [6, 6.07) is 40.2. The Bertz CT molecular complexity index is 3750. The first-order chi connectivity index (χ1) is 61.6. The minimum atomic E-state index is -0.208. The molecule has 0 saturated carbocycles. The second-order valence-electron chi connectivity index (χ2n) is 17.7. The number of nitrogens with zero attached hydrogens (tertiary/aromatic N) is 10. The fourth-order valence-electron chi connectivity index (χ4n) is 6.88. The summed E-state index contributed by atoms with van der Waals surface area (Å²) in [6.45, 7) is 63.4. The third-order valence-electron chi connectivity index (χ3n) is 11.7. The third kappa shape index (κ3) is 102. The van der Waals surface area contributed by atoms with Gasteiger partial charge in [0.05, 0.1) is 76.2 Å². The molecule has 0 spiro atoms. The number of anilines is 5. The summed E-state index contributed by atoms with van der Waals surface area (Å²) in [6.07, 6.45) is 8.35. The largest absolute Gasteiger partial charge is 0.508 e. The van der Waals surface area contributed by atoms with Gasteiger partial charge in [-0.2, -0.15) is 10.5 Å². The first kappa shape index (κ1) is 171. The van der Waals surface area contributed by atoms with Gasteiger partial charge in [0, 0.05) is 85.1 Å². The van der Waals surface area contributed by atoms with Crippen LogP contribution in [0.25, 0.3) is 35.6 Å². The Morgan fingerprint density at radius 2 is 0.795 bits per heavy atom. The van der Waals surface area contributed by atoms with Crippen LogP contribution in [-0.2, 0) is 78.0 Å². The van der Waals surface area contributed by atoms with Gasteiger partial charge in [0.2, 0.25) is 0 Å². The number of methoxy groups -OCH3 is 5. The van der Waals surface area contributed by atoms with E-state index in [9.17, 15) is 5.11 Å². The van der Waals surface area contributed by atoms with E-state index in [0.717, 1.165) is 81.8 Å². The minimum Gasteiger partial charge on any atom is -0.508 e. The summed E-state index contributed by atoms with van der Waals surface area (Å²) in [5.41, 5.74) is 43.0. The molecular weight excluding hydrogens is 1880 g/mol. The van der Waals surface area contributed by atoms with E-state index >= 15 is 0 Å². The number of alkyl halides is 1. The van der Waals surface area contributed by atoms with Crippen LogP contribution in [0.3, 0.4) is 0 Å². The highest BCUT2D eigenvalue weighted by Gasteiger charge is 2.16. The Morgan fingerprint density at radius 1 is 0.500 bits per heavy atom. The van der Waals surface area contributed by atoms with Crippen LogP contribution in [0.2, 0.25) is 0 Å². The lowest BCUT2D eigenvalue weighted by molar-refractivity contribution is -0.749. The predicted octanol–water partition coefficient (Wildman–Crippen LogP) is 15.8. The molecule has 0 amide bonds. The van der Waals surface area contributed by atoms with E-state index in [1.807, 2.05) is 249 Å². The van der Waals surface area contributed by atoms with Crippen molar-refractivity contribution in [3.8, 4) is 52.3 Å². The summed E-state index contributed by atoms with van der Waals surface area (Å²) >= 11 is 2.89. The van der Waals surface area contributed by atoms with Gasteiger partial charge < -0.3 is 88.5 Å². The number of aromatic nitrogens is 2. The lowest BCUT2D eigenvalue weighted by Crippen LogP contribution is -2.15. The molecule has 132 heavy (non-hydrogen) atoms. The number of allylic oxidation sites excluding steroid dienone is 1. The van der Waals surface area contributed by atoms with Crippen LogP contribution in [0.4, 0.5) is 40.1 Å². The number of rotatable bonds is 23. The fraction of sp³-hybridized carbons (Fsp3) is 0.365. The number of nitriles is 2. The van der Waals surface area contributed by atoms with Crippen LogP contribution >= 0.6 is 53.5 Å². The second-order valence-corrected chi connectivity index (χ2v) is 18.2. The summed E-state index contributed by atoms with van der Waals surface area (Å²) in [5, 5.41) is 130. The van der Waals surface area contributed by atoms with Gasteiger partial charge >= 0.3 is 0 Å². The van der Waals surface area contributed by atoms with Crippen molar-refractivity contribution in [2.45, 2.75) is 129 Å². The molecule has 0 aliphatic rings. The maximum atomic E-state index is 9.24. The molecule has 49 nitrogen and oxygen atoms in total. The molecule has 28 N–H and O–H groups in total. The zero-order valence-electron chi connectivity index (χ0n) is 77.0. The van der Waals surface area contributed by atoms with Gasteiger partial charge in [-0.25, -0.2) is 70.6 Å². The molecule has 58 heteroatoms. The number of benzene rings is 5. The predicted molar refractivity (Wildman–Crippen MR) is 528 cm³/mol. The van der Waals surface area contributed by atoms with Gasteiger partial charge in [-0.1, -0.05) is 169 Å². The van der Waals surface area contributed by atoms with Crippen molar-refractivity contribution in [2.75, 3.05) is 81.6 Å². The standard InChI is InChI=1S/2C14H15N3O.C13H13N3O.C9H10N2O.C7H9NO.C5H9NO.C2H2BrN.5C2H6.4B.4H4NP.H2O6.H2O5.2H2O4.H2O3.O2.H2O/c1-4-10-9-17(14(16-2)13(10)15)11-5-7-12(18-3)8-6-11;1-5-12(16-3)10-17(11-15-2)13-6-8-14(18-4)9-7-13;1-3-9-8-16(13(15-2)12(9)14)10-4-6-11(17)7-5-10;1-10-7-11-8-3-5-9(12-2)6-4-8;1-9-7-4-2-6(8)3-5-7;1-3-5(4-6)7-2;3-1-2-4;5*1-2;;;;;4*1-2;1-3-5-6-4-2;1-3-5-4-2;2*1-3-4-2;1-3-2;1-2;/h5-9H,4,15H2,1,3H3;6-10H,5,11H2,1,4H3;4-8,17H,3,14H2,1H3;3-6,11H,7H2,2H3;2-5H,8H2,1H3;5H,3H2,1-2H3;1H2;5*1-2H3;;;;;4*1-2H2;1-2H;1-2H;2*1-2H;1-2H;;1H2/b;12-10-;;;;;;;;;;;;;;;;;;;;;;;;;. The molecule has 7 rings (SSSR count). The normalized spacial score (nSPS) is 8.07. The first-order valence-electron chi connectivity index (χ1n) is 35.5. The third-order valence-corrected chi connectivity index (χ3v) is 12.0. The Labute approximate surface area is 798 Å². The SMILES string of the molecule is CC.CC.CC.CC.CC.CCC(C#N)OC.COc1ccc(N)cc1.N#CCBr.NP.NP.NP.NP.O.O=O.OOO.OOOO.OOOO.OOOOO.OOOOOO.[B].[B].[B].[B].[C-]#[N+]CN(/C=C(/CC)[N+]#[C-])c1ccc(OC)cc1.[C-]#[N+]CNc1ccc(OC)cc1.[C-]#[N+]c1c(N)c(CC)cn1-c1ccc(O)cc1.[C-]#[N+]c1c(N)c(CC)cn1-c1ccc(OC)cc1. The van der Waals surface area contributed by atoms with E-state index in [0.29, 0.717) is 47.1 Å². The van der Waals surface area contributed by atoms with Crippen LogP contribution in [0.1, 0.15) is 121 Å². The molecule has 12 radical (unpaired) electrons. The Kier molecular flexibility index (Phi) is 194. The fourth-order valence-corrected chi connectivity index (χ4v) is 6.88. The number of nitrogen functional groups attached to an aromatic ring is 3. The van der Waals surface area contributed by atoms with Crippen molar-refractivity contribution in [2.24, 2.45) is 22.0 Å². The van der Waals surface area contributed by atoms with E-state index < -0.39 is 0 Å². The average molecular weight is 2020 g/mol. The van der Waals surface area contributed by atoms with E-state index in [4.69, 9.17) is 142 Å². The topological polar surface area (TPSA) is 722 Å². The summed E-state index contributed by atoms with van der Waals surface area (Å²) in [4.78, 5) is 32.7. The lowest BCUT2D eigenvalue weighted by atomic mass is 10.2. The maximum Gasteiger partial charge on any atom is 0.292 e. The van der Waals surface area contributed by atoms with Crippen LogP contribution in [-0.4, -0.2) is 166 Å². The number of nitrogens with two attached hydrogens (primary N) is 7. The smallest absolute Gasteiger partial charge is 0.292 e. The van der Waals surface area contributed by atoms with Gasteiger partial charge in [-0.3, -0.25) is 23.7 Å². The van der Waals surface area contributed by atoms with Crippen molar-refractivity contribution in [3.05, 3.63) is 224 Å². The summed E-state index contributed by atoms with van der Waals surface area (Å²) in [5.74, 6) is 4.32. The van der Waals surface area contributed by atoms with Crippen LogP contribution in [0.5, 0.6) is 28.7 Å². The molecule has 5 aromatic carbocycles. The number of hydrogen-bond donors (Lipinski definition) is 19. The molecule has 0 bridgehead atoms. The first-order valence-corrected chi connectivity index (χ1v) is 39.3. The van der Waals surface area contributed by atoms with E-state index in [1.165, 1.54) is 7.11 Å². The van der Waals surface area contributed by atoms with Crippen LogP contribution in [0.15, 0.2) is 146 Å². The molecule has 2 aromatic heterocycles. The highest BCUT2D eigenvalue weighted by atomic mass is 79.9. The summed E-state index contributed by atoms with van der Waals surface area (Å²) < 4.78 is 28.4. The van der Waals surface area contributed by atoms with Gasteiger partial charge in [0.1, 0.15) is 46.2 Å². The zero-order chi connectivity index (χ0) is 102. The highest BCUT2D eigenvalue weighted by Crippen LogP contribution is 2.34. The van der Waals surface area contributed by atoms with Crippen LogP contribution in [0, 0.1) is 65.5 Å². The number of halogens is 1. The molecule has 7 aromatic rings. The number of hydrogen-bond acceptors (Lipinski definition) is 41. The Morgan fingerprint density at radius 3 is 1.01 bits per heavy atom. The number of ether oxygens (including phenoxy) is 5. The van der Waals surface area contributed by atoms with E-state index in [2.05, 4.69) is 133 Å². The number of nitrogens with one attached hydrogen (secondary N) is 1. The van der Waals surface area contributed by atoms with Crippen molar-refractivity contribution in [1.29, 1.82) is 10.5 Å². The van der Waals surface area contributed by atoms with Gasteiger partial charge in [-0.05, 0) is 202 Å². The molecular formula is C74H131B4BrN18O31P4. The van der Waals surface area contributed by atoms with Gasteiger partial charge in [0.25, 0.3) is 25.0 Å². The molecule has 742 valence electrons. The molecule has 0 aliphatic carbocycles. The summed E-state index contributed by atoms with van der Waals surface area (Å²) in [7, 11) is 15.7. The molecule has 5 unspecified atom stereocenters. The second kappa shape index (κ2) is 149. The van der Waals surface area contributed by atoms with Crippen molar-refractivity contribution in [3.63, 3.8) is 0 Å². The number of phenolic OH excluding ortho intramolecular Hbond substituents is 1. The Balaban J connectivity index is -0.0000000583. The molecule has 0 fully saturated rings. The average Bonchev–Trinajstić information content (AvgIpc) is 1.67. The Hall–Kier alpha value is -10.2. The number of phenols is 1. The maximum absolute atomic E-state index is 9.24. The van der Waals surface area contributed by atoms with E-state index in [1.54, 1.807) is 80.5 Å². The molecule has 2 heterocycles. The highest BCUT2D eigenvalue weighted by molar-refractivity contribution is 9.09. The lowest BCUT2D eigenvalue weighted by Gasteiger charge is -2.15. The molecule has 0 saturated heterocycles. The van der Waals surface area contributed by atoms with Gasteiger partial charge in [0.15, 0.2) is 5.70 Å². The zero-order valence-corrected chi connectivity index (χ0v) is 83.2. The van der Waals surface area contributed by atoms with Gasteiger partial charge in [-0.15, -0.1) is 0 Å². The van der Waals surface area contributed by atoms with Crippen molar-refractivity contribution < 1.29 is 147 Å². The quantitative estimate of drug-likeness (QED) is 0.00413. The van der Waals surface area contributed by atoms with Crippen molar-refractivity contribution >= 4 is 127 Å². The number of aryl methyl sites for hydroxylation is 2. The molecule has 5 atom stereocenters. The number of aromatic hydroxyl groups is 1.